The summed E-state index contributed by atoms with van der Waals surface area (Å²) in [6, 6.07) is 0. The highest BCUT2D eigenvalue weighted by Crippen LogP contribution is 2.10. The highest BCUT2D eigenvalue weighted by Gasteiger charge is 2.01. The third kappa shape index (κ3) is 4.10. The van der Waals surface area contributed by atoms with Crippen LogP contribution in [0.5, 0.6) is 0 Å². The Balaban J connectivity index is 2.08. The van der Waals surface area contributed by atoms with Crippen molar-refractivity contribution in [3.63, 3.8) is 0 Å². The first kappa shape index (κ1) is 10.3. The zero-order valence-corrected chi connectivity index (χ0v) is 8.25. The summed E-state index contributed by atoms with van der Waals surface area (Å²) in [4.78, 5) is 10.3. The molecule has 13 heavy (non-hydrogen) atoms. The second-order valence-electron chi connectivity index (χ2n) is 3.10. The third-order valence-electron chi connectivity index (χ3n) is 1.96. The van der Waals surface area contributed by atoms with Gasteiger partial charge in [0.15, 0.2) is 0 Å². The maximum atomic E-state index is 5.19. The molecule has 0 saturated carbocycles. The maximum Gasteiger partial charge on any atom is 0.127 e. The fraction of sp³-hybridized carbons (Fsp3) is 0.600. The molecule has 0 saturated heterocycles. The van der Waals surface area contributed by atoms with Crippen LogP contribution in [0.1, 0.15) is 33.1 Å². The molecule has 1 N–H and O–H groups in total. The molecule has 1 rings (SSSR count). The minimum Gasteiger partial charge on any atom is -0.388 e. The van der Waals surface area contributed by atoms with E-state index in [0.29, 0.717) is 0 Å². The Labute approximate surface area is 79.3 Å². The average molecular weight is 183 g/mol. The van der Waals surface area contributed by atoms with E-state index in [9.17, 15) is 0 Å². The highest BCUT2D eigenvalue weighted by atomic mass is 16.9. The fourth-order valence-corrected chi connectivity index (χ4v) is 0.905. The van der Waals surface area contributed by atoms with Crippen molar-refractivity contribution in [2.24, 2.45) is 0 Å². The molecule has 1 atom stereocenters. The lowest BCUT2D eigenvalue weighted by Gasteiger charge is -2.13. The number of nitrogens with one attached hydrogen (secondary N) is 1. The lowest BCUT2D eigenvalue weighted by Crippen LogP contribution is -2.21. The smallest absolute Gasteiger partial charge is 0.127 e. The van der Waals surface area contributed by atoms with Crippen LogP contribution in [0.4, 0.5) is 0 Å². The molecule has 0 aromatic rings. The van der Waals surface area contributed by atoms with Crippen molar-refractivity contribution in [1.82, 2.24) is 5.64 Å². The topological polar surface area (TPSA) is 30.5 Å². The Bertz CT molecular complexity index is 199. The minimum absolute atomic E-state index is 0.180. The third-order valence-corrected chi connectivity index (χ3v) is 1.96. The maximum absolute atomic E-state index is 5.19. The lowest BCUT2D eigenvalue weighted by molar-refractivity contribution is -0.173. The molecule has 0 heterocycles. The zero-order valence-electron chi connectivity index (χ0n) is 8.25. The van der Waals surface area contributed by atoms with E-state index in [1.807, 2.05) is 13.0 Å². The summed E-state index contributed by atoms with van der Waals surface area (Å²) >= 11 is 0. The predicted octanol–water partition coefficient (Wildman–Crippen LogP) is 2.47. The van der Waals surface area contributed by atoms with Crippen LogP contribution in [-0.4, -0.2) is 6.10 Å². The molecule has 1 aliphatic carbocycles. The van der Waals surface area contributed by atoms with Crippen molar-refractivity contribution in [3.05, 3.63) is 24.0 Å². The molecule has 0 radical (unpaired) electrons. The lowest BCUT2D eigenvalue weighted by atomic mass is 10.2. The first-order valence-electron chi connectivity index (χ1n) is 4.74. The van der Waals surface area contributed by atoms with E-state index >= 15 is 0 Å². The first-order chi connectivity index (χ1) is 6.33. The Kier molecular flexibility index (Phi) is 4.57. The number of rotatable bonds is 5. The van der Waals surface area contributed by atoms with Crippen LogP contribution in [0.2, 0.25) is 0 Å². The Morgan fingerprint density at radius 2 is 2.38 bits per heavy atom. The molecule has 0 amide bonds. The average Bonchev–Trinajstić information content (AvgIpc) is 2.19. The molecule has 0 spiro atoms. The van der Waals surface area contributed by atoms with E-state index in [1.165, 1.54) is 0 Å². The van der Waals surface area contributed by atoms with Crippen LogP contribution in [0, 0.1) is 0 Å². The van der Waals surface area contributed by atoms with Crippen LogP contribution in [0.15, 0.2) is 24.0 Å². The van der Waals surface area contributed by atoms with Gasteiger partial charge in [-0.2, -0.15) is 0 Å². The van der Waals surface area contributed by atoms with E-state index < -0.39 is 0 Å². The van der Waals surface area contributed by atoms with Gasteiger partial charge in [0, 0.05) is 6.42 Å². The standard InChI is InChI=1S/C10H17NO2/c1-3-9(2)12-11-13-10-7-5-4-6-8-10/h4-5,8-9,11H,3,6-7H2,1-2H3. The van der Waals surface area contributed by atoms with Gasteiger partial charge in [-0.05, 0) is 31.5 Å². The van der Waals surface area contributed by atoms with Crippen LogP contribution in [0.3, 0.4) is 0 Å². The summed E-state index contributed by atoms with van der Waals surface area (Å²) in [7, 11) is 0. The summed E-state index contributed by atoms with van der Waals surface area (Å²) in [5.41, 5.74) is 2.50. The predicted molar refractivity (Wildman–Crippen MR) is 51.5 cm³/mol. The Morgan fingerprint density at radius 1 is 1.54 bits per heavy atom. The quantitative estimate of drug-likeness (QED) is 0.524. The van der Waals surface area contributed by atoms with E-state index in [4.69, 9.17) is 9.68 Å². The molecular weight excluding hydrogens is 166 g/mol. The summed E-state index contributed by atoms with van der Waals surface area (Å²) in [6.07, 6.45) is 9.17. The molecular formula is C10H17NO2. The van der Waals surface area contributed by atoms with Gasteiger partial charge in [0.05, 0.1) is 6.10 Å². The molecule has 0 aromatic carbocycles. The molecule has 3 heteroatoms. The van der Waals surface area contributed by atoms with E-state index in [0.717, 1.165) is 25.0 Å². The fourth-order valence-electron chi connectivity index (χ4n) is 0.905. The van der Waals surface area contributed by atoms with Crippen molar-refractivity contribution in [2.75, 3.05) is 0 Å². The van der Waals surface area contributed by atoms with Crippen molar-refractivity contribution in [3.8, 4) is 0 Å². The van der Waals surface area contributed by atoms with Crippen LogP contribution in [-0.2, 0) is 9.68 Å². The van der Waals surface area contributed by atoms with Gasteiger partial charge in [0.1, 0.15) is 5.76 Å². The molecule has 0 aliphatic heterocycles. The van der Waals surface area contributed by atoms with Crippen LogP contribution in [0.25, 0.3) is 0 Å². The molecule has 1 unspecified atom stereocenters. The second-order valence-corrected chi connectivity index (χ2v) is 3.10. The monoisotopic (exact) mass is 183 g/mol. The first-order valence-corrected chi connectivity index (χ1v) is 4.74. The van der Waals surface area contributed by atoms with Gasteiger partial charge in [-0.15, -0.1) is 0 Å². The molecule has 74 valence electrons. The van der Waals surface area contributed by atoms with Gasteiger partial charge < -0.3 is 4.84 Å². The SMILES string of the molecule is CCC(C)ONOC1=CCC=CC1. The molecule has 0 fully saturated rings. The summed E-state index contributed by atoms with van der Waals surface area (Å²) < 4.78 is 0. The van der Waals surface area contributed by atoms with E-state index in [1.54, 1.807) is 0 Å². The van der Waals surface area contributed by atoms with Gasteiger partial charge in [-0.1, -0.05) is 19.1 Å². The zero-order chi connectivity index (χ0) is 9.52. The van der Waals surface area contributed by atoms with E-state index in [2.05, 4.69) is 24.7 Å². The van der Waals surface area contributed by atoms with Crippen LogP contribution < -0.4 is 5.64 Å². The molecule has 0 bridgehead atoms. The largest absolute Gasteiger partial charge is 0.388 e. The van der Waals surface area contributed by atoms with Gasteiger partial charge in [-0.3, -0.25) is 4.84 Å². The second kappa shape index (κ2) is 5.78. The van der Waals surface area contributed by atoms with Gasteiger partial charge in [0.25, 0.3) is 0 Å². The normalized spacial score (nSPS) is 18.2. The minimum atomic E-state index is 0.180. The molecule has 3 nitrogen and oxygen atoms in total. The number of hydrogen-bond donors (Lipinski definition) is 1. The van der Waals surface area contributed by atoms with Crippen molar-refractivity contribution < 1.29 is 9.68 Å². The van der Waals surface area contributed by atoms with Crippen molar-refractivity contribution >= 4 is 0 Å². The van der Waals surface area contributed by atoms with Crippen molar-refractivity contribution in [1.29, 1.82) is 0 Å². The summed E-state index contributed by atoms with van der Waals surface area (Å²) in [5, 5.41) is 0. The van der Waals surface area contributed by atoms with E-state index in [-0.39, 0.29) is 6.10 Å². The van der Waals surface area contributed by atoms with Gasteiger partial charge in [-0.25, -0.2) is 0 Å². The summed E-state index contributed by atoms with van der Waals surface area (Å²) in [6.45, 7) is 4.06. The molecule has 0 aromatic heterocycles. The van der Waals surface area contributed by atoms with Gasteiger partial charge >= 0.3 is 0 Å². The Hall–Kier alpha value is -0.800. The number of allylic oxidation sites excluding steroid dienone is 3. The number of hydrogen-bond acceptors (Lipinski definition) is 3. The van der Waals surface area contributed by atoms with Crippen molar-refractivity contribution in [2.45, 2.75) is 39.2 Å². The highest BCUT2D eigenvalue weighted by molar-refractivity contribution is 5.08. The van der Waals surface area contributed by atoms with Gasteiger partial charge in [0.2, 0.25) is 0 Å². The Morgan fingerprint density at radius 3 is 3.00 bits per heavy atom. The molecule has 1 aliphatic rings. The van der Waals surface area contributed by atoms with Crippen LogP contribution >= 0.6 is 0 Å². The summed E-state index contributed by atoms with van der Waals surface area (Å²) in [5.74, 6) is 0.922.